The zero-order valence-corrected chi connectivity index (χ0v) is 14.0. The number of hydrogen-bond donors (Lipinski definition) is 4. The lowest BCUT2D eigenvalue weighted by Gasteiger charge is -2.15. The largest absolute Gasteiger partial charge is 0.394 e. The smallest absolute Gasteiger partial charge is 0.282 e. The molecule has 4 N–H and O–H groups in total. The Morgan fingerprint density at radius 3 is 2.80 bits per heavy atom. The summed E-state index contributed by atoms with van der Waals surface area (Å²) < 4.78 is 6.79. The predicted molar refractivity (Wildman–Crippen MR) is 85.6 cm³/mol. The Morgan fingerprint density at radius 1 is 1.48 bits per heavy atom. The van der Waals surface area contributed by atoms with Gasteiger partial charge in [0.15, 0.2) is 17.4 Å². The van der Waals surface area contributed by atoms with Crippen molar-refractivity contribution in [3.8, 4) is 0 Å². The second-order valence-corrected chi connectivity index (χ2v) is 6.36. The van der Waals surface area contributed by atoms with E-state index >= 15 is 0 Å². The first-order valence-electron chi connectivity index (χ1n) is 7.94. The lowest BCUT2D eigenvalue weighted by molar-refractivity contribution is -0.118. The molecule has 0 aromatic carbocycles. The van der Waals surface area contributed by atoms with Crippen molar-refractivity contribution in [2.75, 3.05) is 11.9 Å². The third-order valence-electron chi connectivity index (χ3n) is 4.25. The molecule has 0 aliphatic carbocycles. The van der Waals surface area contributed by atoms with Gasteiger partial charge in [-0.2, -0.15) is 9.67 Å². The average Bonchev–Trinajstić information content (AvgIpc) is 3.10. The van der Waals surface area contributed by atoms with E-state index in [9.17, 15) is 19.8 Å². The normalized spacial score (nSPS) is 26.5. The summed E-state index contributed by atoms with van der Waals surface area (Å²) in [6.07, 6.45) is -2.47. The molecule has 1 aliphatic rings. The van der Waals surface area contributed by atoms with E-state index in [1.807, 2.05) is 0 Å². The molecule has 3 heterocycles. The molecule has 2 aromatic heterocycles. The molecule has 0 unspecified atom stereocenters. The van der Waals surface area contributed by atoms with Gasteiger partial charge in [-0.1, -0.05) is 26.0 Å². The van der Waals surface area contributed by atoms with Crippen LogP contribution in [0.15, 0.2) is 4.79 Å². The summed E-state index contributed by atoms with van der Waals surface area (Å²) in [7, 11) is 0. The van der Waals surface area contributed by atoms with Crippen LogP contribution in [-0.4, -0.2) is 59.9 Å². The molecular weight excluding hydrogens is 332 g/mol. The summed E-state index contributed by atoms with van der Waals surface area (Å²) in [4.78, 5) is 30.5. The standard InChI is InChI=1S/C14H20N6O5/c1-5(2)11(23)16-14-15-10-8(12(24)17-14)18-19-20(10)13-9(22)6(3)7(4-21)25-13/h5-7,9,13,21-22H,4H2,1-3H3,(H2,15,16,17,23,24)/t6-,7-,9-,13-/m1/s1. The molecule has 0 bridgehead atoms. The van der Waals surface area contributed by atoms with E-state index in [1.165, 1.54) is 4.68 Å². The van der Waals surface area contributed by atoms with Crippen LogP contribution in [0.3, 0.4) is 0 Å². The monoisotopic (exact) mass is 352 g/mol. The lowest BCUT2D eigenvalue weighted by atomic mass is 10.0. The highest BCUT2D eigenvalue weighted by atomic mass is 16.5. The van der Waals surface area contributed by atoms with E-state index in [4.69, 9.17) is 4.74 Å². The third kappa shape index (κ3) is 3.01. The molecule has 0 radical (unpaired) electrons. The highest BCUT2D eigenvalue weighted by molar-refractivity contribution is 5.90. The number of nitrogens with zero attached hydrogens (tertiary/aromatic N) is 4. The molecule has 3 rings (SSSR count). The minimum atomic E-state index is -0.961. The molecule has 25 heavy (non-hydrogen) atoms. The number of amides is 1. The van der Waals surface area contributed by atoms with Crippen molar-refractivity contribution in [3.63, 3.8) is 0 Å². The van der Waals surface area contributed by atoms with E-state index in [0.717, 1.165) is 0 Å². The average molecular weight is 352 g/mol. The summed E-state index contributed by atoms with van der Waals surface area (Å²) in [6, 6.07) is 0. The fourth-order valence-corrected chi connectivity index (χ4v) is 2.61. The minimum Gasteiger partial charge on any atom is -0.394 e. The van der Waals surface area contributed by atoms with E-state index in [0.29, 0.717) is 0 Å². The van der Waals surface area contributed by atoms with Crippen molar-refractivity contribution in [3.05, 3.63) is 10.4 Å². The van der Waals surface area contributed by atoms with Gasteiger partial charge < -0.3 is 14.9 Å². The van der Waals surface area contributed by atoms with Gasteiger partial charge in [-0.15, -0.1) is 5.10 Å². The van der Waals surface area contributed by atoms with Crippen molar-refractivity contribution in [2.24, 2.45) is 11.8 Å². The van der Waals surface area contributed by atoms with Crippen LogP contribution in [0, 0.1) is 11.8 Å². The summed E-state index contributed by atoms with van der Waals surface area (Å²) >= 11 is 0. The number of fused-ring (bicyclic) bond motifs is 1. The first kappa shape index (κ1) is 17.5. The number of ether oxygens (including phenoxy) is 1. The molecule has 11 nitrogen and oxygen atoms in total. The second kappa shape index (κ2) is 6.50. The fraction of sp³-hybridized carbons (Fsp3) is 0.643. The first-order valence-corrected chi connectivity index (χ1v) is 7.94. The number of anilines is 1. The number of aliphatic hydroxyl groups is 2. The van der Waals surface area contributed by atoms with Crippen molar-refractivity contribution >= 4 is 23.0 Å². The number of carbonyl (C=O) groups is 1. The zero-order chi connectivity index (χ0) is 18.3. The highest BCUT2D eigenvalue weighted by Gasteiger charge is 2.43. The van der Waals surface area contributed by atoms with Crippen LogP contribution >= 0.6 is 0 Å². The molecule has 1 saturated heterocycles. The summed E-state index contributed by atoms with van der Waals surface area (Å²) in [6.45, 7) is 4.89. The van der Waals surface area contributed by atoms with Crippen LogP contribution in [0.2, 0.25) is 0 Å². The van der Waals surface area contributed by atoms with Gasteiger partial charge in [-0.25, -0.2) is 0 Å². The van der Waals surface area contributed by atoms with Gasteiger partial charge in [0, 0.05) is 11.8 Å². The molecule has 2 aromatic rings. The van der Waals surface area contributed by atoms with Crippen LogP contribution in [0.5, 0.6) is 0 Å². The van der Waals surface area contributed by atoms with Crippen LogP contribution in [0.25, 0.3) is 11.2 Å². The van der Waals surface area contributed by atoms with Crippen molar-refractivity contribution in [2.45, 2.75) is 39.2 Å². The van der Waals surface area contributed by atoms with Crippen LogP contribution in [-0.2, 0) is 9.53 Å². The van der Waals surface area contributed by atoms with Crippen molar-refractivity contribution < 1.29 is 19.7 Å². The molecule has 0 spiro atoms. The maximum absolute atomic E-state index is 12.1. The van der Waals surface area contributed by atoms with Gasteiger partial charge in [0.1, 0.15) is 6.10 Å². The van der Waals surface area contributed by atoms with Crippen molar-refractivity contribution in [1.29, 1.82) is 0 Å². The highest BCUT2D eigenvalue weighted by Crippen LogP contribution is 2.34. The molecule has 1 fully saturated rings. The molecule has 11 heteroatoms. The second-order valence-electron chi connectivity index (χ2n) is 6.36. The summed E-state index contributed by atoms with van der Waals surface area (Å²) in [5, 5.41) is 29.8. The molecule has 1 aliphatic heterocycles. The van der Waals surface area contributed by atoms with Crippen LogP contribution < -0.4 is 10.9 Å². The number of nitrogens with one attached hydrogen (secondary N) is 2. The molecular formula is C14H20N6O5. The lowest BCUT2D eigenvalue weighted by Crippen LogP contribution is -2.26. The number of aromatic nitrogens is 5. The number of aliphatic hydroxyl groups excluding tert-OH is 2. The molecule has 1 amide bonds. The Bertz CT molecular complexity index is 846. The Labute approximate surface area is 142 Å². The Balaban J connectivity index is 2.01. The van der Waals surface area contributed by atoms with E-state index in [1.54, 1.807) is 20.8 Å². The fourth-order valence-electron chi connectivity index (χ4n) is 2.61. The molecule has 136 valence electrons. The maximum atomic E-state index is 12.1. The maximum Gasteiger partial charge on any atom is 0.282 e. The van der Waals surface area contributed by atoms with Gasteiger partial charge in [-0.05, 0) is 0 Å². The zero-order valence-electron chi connectivity index (χ0n) is 14.0. The van der Waals surface area contributed by atoms with Crippen molar-refractivity contribution in [1.82, 2.24) is 25.0 Å². The SMILES string of the molecule is CC(C)C(=O)Nc1nc2c(nnn2[C@@H]2O[C@H](CO)[C@@H](C)[C@H]2O)c(=O)[nH]1. The summed E-state index contributed by atoms with van der Waals surface area (Å²) in [5.41, 5.74) is -0.550. The Kier molecular flexibility index (Phi) is 4.54. The predicted octanol–water partition coefficient (Wildman–Crippen LogP) is -1.00. The quantitative estimate of drug-likeness (QED) is 0.546. The van der Waals surface area contributed by atoms with Crippen LogP contribution in [0.1, 0.15) is 27.0 Å². The van der Waals surface area contributed by atoms with Gasteiger partial charge >= 0.3 is 0 Å². The number of rotatable bonds is 4. The summed E-state index contributed by atoms with van der Waals surface area (Å²) in [5.74, 6) is -0.988. The minimum absolute atomic E-state index is 0.0426. The van der Waals surface area contributed by atoms with E-state index < -0.39 is 24.0 Å². The number of aromatic amines is 1. The Morgan fingerprint density at radius 2 is 2.20 bits per heavy atom. The molecule has 4 atom stereocenters. The third-order valence-corrected chi connectivity index (χ3v) is 4.25. The number of H-pyrrole nitrogens is 1. The molecule has 0 saturated carbocycles. The van der Waals surface area contributed by atoms with Gasteiger partial charge in [0.05, 0.1) is 12.7 Å². The number of carbonyl (C=O) groups excluding carboxylic acids is 1. The number of hydrogen-bond acceptors (Lipinski definition) is 8. The van der Waals surface area contributed by atoms with E-state index in [-0.39, 0.29) is 41.5 Å². The Hall–Kier alpha value is -2.37. The van der Waals surface area contributed by atoms with Gasteiger partial charge in [0.25, 0.3) is 5.56 Å². The topological polar surface area (TPSA) is 155 Å². The van der Waals surface area contributed by atoms with E-state index in [2.05, 4.69) is 25.6 Å². The van der Waals surface area contributed by atoms with Gasteiger partial charge in [-0.3, -0.25) is 19.9 Å². The van der Waals surface area contributed by atoms with Crippen LogP contribution in [0.4, 0.5) is 5.95 Å². The van der Waals surface area contributed by atoms with Gasteiger partial charge in [0.2, 0.25) is 11.9 Å². The first-order chi connectivity index (χ1) is 11.8.